The average molecular weight is 175 g/mol. The van der Waals surface area contributed by atoms with E-state index in [0.717, 1.165) is 18.9 Å². The van der Waals surface area contributed by atoms with Crippen LogP contribution in [0.2, 0.25) is 0 Å². The van der Waals surface area contributed by atoms with E-state index in [2.05, 4.69) is 11.6 Å². The lowest BCUT2D eigenvalue weighted by Gasteiger charge is -2.20. The molecule has 0 amide bonds. The van der Waals surface area contributed by atoms with Crippen molar-refractivity contribution in [1.82, 2.24) is 4.90 Å². The highest BCUT2D eigenvalue weighted by Crippen LogP contribution is 2.06. The number of aliphatic imine (C=N–C) groups is 1. The first-order chi connectivity index (χ1) is 5.13. The van der Waals surface area contributed by atoms with Crippen molar-refractivity contribution in [3.05, 3.63) is 11.7 Å². The van der Waals surface area contributed by atoms with Gasteiger partial charge in [0, 0.05) is 13.1 Å². The molecule has 0 saturated carbocycles. The van der Waals surface area contributed by atoms with Gasteiger partial charge in [-0.2, -0.15) is 0 Å². The van der Waals surface area contributed by atoms with E-state index < -0.39 is 0 Å². The Morgan fingerprint density at radius 1 is 1.55 bits per heavy atom. The fourth-order valence-corrected chi connectivity index (χ4v) is 1.13. The summed E-state index contributed by atoms with van der Waals surface area (Å²) >= 11 is 5.73. The molecule has 0 N–H and O–H groups in total. The van der Waals surface area contributed by atoms with Crippen molar-refractivity contribution in [2.45, 2.75) is 20.8 Å². The van der Waals surface area contributed by atoms with Crippen LogP contribution in [0.25, 0.3) is 0 Å². The SMILES string of the molecule is C=C(Cl)N(CC)C(C)=NCC. The first-order valence-electron chi connectivity index (χ1n) is 3.76. The summed E-state index contributed by atoms with van der Waals surface area (Å²) in [6, 6.07) is 0. The normalized spacial score (nSPS) is 11.5. The molecular formula is C8H15ClN2. The van der Waals surface area contributed by atoms with Gasteiger partial charge >= 0.3 is 0 Å². The lowest BCUT2D eigenvalue weighted by Crippen LogP contribution is -2.25. The lowest BCUT2D eigenvalue weighted by molar-refractivity contribution is 0.570. The zero-order valence-electron chi connectivity index (χ0n) is 7.39. The van der Waals surface area contributed by atoms with Crippen molar-refractivity contribution < 1.29 is 0 Å². The molecule has 0 fully saturated rings. The zero-order chi connectivity index (χ0) is 8.85. The Hall–Kier alpha value is -0.500. The molecule has 0 spiro atoms. The Balaban J connectivity index is 4.25. The van der Waals surface area contributed by atoms with Crippen LogP contribution in [0, 0.1) is 0 Å². The van der Waals surface area contributed by atoms with Crippen LogP contribution in [-0.2, 0) is 0 Å². The van der Waals surface area contributed by atoms with Crippen molar-refractivity contribution in [3.63, 3.8) is 0 Å². The van der Waals surface area contributed by atoms with Crippen LogP contribution in [-0.4, -0.2) is 23.8 Å². The van der Waals surface area contributed by atoms with Gasteiger partial charge in [-0.25, -0.2) is 0 Å². The highest BCUT2D eigenvalue weighted by atomic mass is 35.5. The van der Waals surface area contributed by atoms with Gasteiger partial charge in [-0.1, -0.05) is 18.2 Å². The number of hydrogen-bond donors (Lipinski definition) is 0. The monoisotopic (exact) mass is 174 g/mol. The smallest absolute Gasteiger partial charge is 0.102 e. The van der Waals surface area contributed by atoms with Gasteiger partial charge in [0.15, 0.2) is 0 Å². The van der Waals surface area contributed by atoms with Crippen LogP contribution < -0.4 is 0 Å². The molecule has 0 atom stereocenters. The number of hydrogen-bond acceptors (Lipinski definition) is 1. The average Bonchev–Trinajstić information content (AvgIpc) is 1.88. The third-order valence-electron chi connectivity index (χ3n) is 1.39. The molecule has 3 heteroatoms. The fourth-order valence-electron chi connectivity index (χ4n) is 0.890. The third kappa shape index (κ3) is 3.42. The lowest BCUT2D eigenvalue weighted by atomic mass is 10.5. The standard InChI is InChI=1S/C8H15ClN2/c1-5-10-8(4)11(6-2)7(3)9/h3,5-6H2,1-2,4H3. The Morgan fingerprint density at radius 2 is 2.09 bits per heavy atom. The number of nitrogens with zero attached hydrogens (tertiary/aromatic N) is 2. The summed E-state index contributed by atoms with van der Waals surface area (Å²) in [6.07, 6.45) is 0. The van der Waals surface area contributed by atoms with Crippen LogP contribution in [0.5, 0.6) is 0 Å². The van der Waals surface area contributed by atoms with Gasteiger partial charge in [0.25, 0.3) is 0 Å². The summed E-state index contributed by atoms with van der Waals surface area (Å²) in [7, 11) is 0. The van der Waals surface area contributed by atoms with Gasteiger partial charge in [-0.15, -0.1) is 0 Å². The predicted molar refractivity (Wildman–Crippen MR) is 51.0 cm³/mol. The van der Waals surface area contributed by atoms with Crippen LogP contribution >= 0.6 is 11.6 Å². The van der Waals surface area contributed by atoms with Gasteiger partial charge in [-0.3, -0.25) is 4.99 Å². The van der Waals surface area contributed by atoms with Crippen molar-refractivity contribution in [2.24, 2.45) is 4.99 Å². The summed E-state index contributed by atoms with van der Waals surface area (Å²) in [5, 5.41) is 0.530. The molecule has 0 bridgehead atoms. The minimum atomic E-state index is 0.530. The Labute approximate surface area is 73.6 Å². The molecule has 0 aliphatic rings. The zero-order valence-corrected chi connectivity index (χ0v) is 8.15. The molecule has 0 radical (unpaired) electrons. The third-order valence-corrected chi connectivity index (χ3v) is 1.59. The second-order valence-electron chi connectivity index (χ2n) is 2.14. The van der Waals surface area contributed by atoms with E-state index in [4.69, 9.17) is 11.6 Å². The molecule has 0 aromatic carbocycles. The summed E-state index contributed by atoms with van der Waals surface area (Å²) in [5.74, 6) is 0.926. The minimum Gasteiger partial charge on any atom is -0.322 e. The molecule has 0 rings (SSSR count). The molecule has 0 aliphatic heterocycles. The molecule has 0 saturated heterocycles. The van der Waals surface area contributed by atoms with E-state index in [1.165, 1.54) is 0 Å². The maximum absolute atomic E-state index is 5.73. The van der Waals surface area contributed by atoms with Gasteiger partial charge in [0.1, 0.15) is 11.0 Å². The maximum Gasteiger partial charge on any atom is 0.102 e. The Bertz CT molecular complexity index is 163. The largest absolute Gasteiger partial charge is 0.322 e. The first-order valence-corrected chi connectivity index (χ1v) is 4.14. The molecule has 2 nitrogen and oxygen atoms in total. The number of amidine groups is 1. The fraction of sp³-hybridized carbons (Fsp3) is 0.625. The highest BCUT2D eigenvalue weighted by Gasteiger charge is 2.04. The van der Waals surface area contributed by atoms with Crippen molar-refractivity contribution >= 4 is 17.4 Å². The molecule has 11 heavy (non-hydrogen) atoms. The van der Waals surface area contributed by atoms with E-state index in [9.17, 15) is 0 Å². The maximum atomic E-state index is 5.73. The van der Waals surface area contributed by atoms with Crippen molar-refractivity contribution in [1.29, 1.82) is 0 Å². The van der Waals surface area contributed by atoms with E-state index in [-0.39, 0.29) is 0 Å². The second kappa shape index (κ2) is 5.19. The first kappa shape index (κ1) is 10.5. The summed E-state index contributed by atoms with van der Waals surface area (Å²) in [5.41, 5.74) is 0. The molecule has 0 unspecified atom stereocenters. The van der Waals surface area contributed by atoms with Gasteiger partial charge in [-0.05, 0) is 20.8 Å². The number of rotatable bonds is 3. The highest BCUT2D eigenvalue weighted by molar-refractivity contribution is 6.29. The van der Waals surface area contributed by atoms with Crippen LogP contribution in [0.1, 0.15) is 20.8 Å². The molecule has 0 aliphatic carbocycles. The van der Waals surface area contributed by atoms with Gasteiger partial charge in [0.2, 0.25) is 0 Å². The summed E-state index contributed by atoms with van der Waals surface area (Å²) < 4.78 is 0. The molecule has 0 aromatic heterocycles. The second-order valence-corrected chi connectivity index (χ2v) is 2.58. The van der Waals surface area contributed by atoms with E-state index in [1.807, 2.05) is 25.7 Å². The van der Waals surface area contributed by atoms with Gasteiger partial charge in [0.05, 0.1) is 0 Å². The minimum absolute atomic E-state index is 0.530. The van der Waals surface area contributed by atoms with Crippen molar-refractivity contribution in [3.8, 4) is 0 Å². The van der Waals surface area contributed by atoms with Crippen molar-refractivity contribution in [2.75, 3.05) is 13.1 Å². The Kier molecular flexibility index (Phi) is 4.95. The van der Waals surface area contributed by atoms with Crippen LogP contribution in [0.3, 0.4) is 0 Å². The number of halogens is 1. The van der Waals surface area contributed by atoms with Crippen LogP contribution in [0.15, 0.2) is 16.7 Å². The summed E-state index contributed by atoms with van der Waals surface area (Å²) in [6.45, 7) is 11.2. The molecule has 0 aromatic rings. The topological polar surface area (TPSA) is 15.6 Å². The van der Waals surface area contributed by atoms with E-state index >= 15 is 0 Å². The van der Waals surface area contributed by atoms with E-state index in [0.29, 0.717) is 5.16 Å². The Morgan fingerprint density at radius 3 is 2.36 bits per heavy atom. The predicted octanol–water partition coefficient (Wildman–Crippen LogP) is 2.46. The molecular weight excluding hydrogens is 160 g/mol. The quantitative estimate of drug-likeness (QED) is 0.365. The molecule has 64 valence electrons. The van der Waals surface area contributed by atoms with Gasteiger partial charge < -0.3 is 4.90 Å². The van der Waals surface area contributed by atoms with Crippen LogP contribution in [0.4, 0.5) is 0 Å². The van der Waals surface area contributed by atoms with E-state index in [1.54, 1.807) is 0 Å². The molecule has 0 heterocycles. The summed E-state index contributed by atoms with van der Waals surface area (Å²) in [4.78, 5) is 6.08.